The molecule has 31 heavy (non-hydrogen) atoms. The van der Waals surface area contributed by atoms with Crippen molar-refractivity contribution in [3.05, 3.63) is 89.8 Å². The van der Waals surface area contributed by atoms with Gasteiger partial charge in [0.2, 0.25) is 5.91 Å². The van der Waals surface area contributed by atoms with Gasteiger partial charge in [-0.05, 0) is 61.0 Å². The zero-order valence-corrected chi connectivity index (χ0v) is 17.9. The van der Waals surface area contributed by atoms with Crippen LogP contribution in [0.3, 0.4) is 0 Å². The number of amides is 1. The van der Waals surface area contributed by atoms with Gasteiger partial charge in [0.15, 0.2) is 5.13 Å². The van der Waals surface area contributed by atoms with E-state index in [1.54, 1.807) is 0 Å². The number of hydrogen-bond acceptors (Lipinski definition) is 5. The SMILES string of the molecule is CCOc1ccc(CC(=O)Nc2nc(-c3ccc(Oc4ccccc4)cc3)cs2)cc1. The summed E-state index contributed by atoms with van der Waals surface area (Å²) in [5, 5.41) is 5.39. The molecule has 0 fully saturated rings. The van der Waals surface area contributed by atoms with Crippen molar-refractivity contribution >= 4 is 22.4 Å². The number of hydrogen-bond donors (Lipinski definition) is 1. The van der Waals surface area contributed by atoms with Crippen LogP contribution >= 0.6 is 11.3 Å². The molecule has 156 valence electrons. The lowest BCUT2D eigenvalue weighted by molar-refractivity contribution is -0.115. The highest BCUT2D eigenvalue weighted by atomic mass is 32.1. The van der Waals surface area contributed by atoms with Crippen LogP contribution in [0.25, 0.3) is 11.3 Å². The fraction of sp³-hybridized carbons (Fsp3) is 0.120. The molecule has 0 unspecified atom stereocenters. The predicted molar refractivity (Wildman–Crippen MR) is 124 cm³/mol. The Kier molecular flexibility index (Phi) is 6.59. The van der Waals surface area contributed by atoms with Crippen molar-refractivity contribution in [2.45, 2.75) is 13.3 Å². The molecule has 6 heteroatoms. The van der Waals surface area contributed by atoms with Crippen LogP contribution in [0.2, 0.25) is 0 Å². The molecule has 0 atom stereocenters. The molecule has 0 aliphatic rings. The molecule has 1 N–H and O–H groups in total. The van der Waals surface area contributed by atoms with Crippen LogP contribution in [0.1, 0.15) is 12.5 Å². The van der Waals surface area contributed by atoms with Gasteiger partial charge in [-0.3, -0.25) is 4.79 Å². The molecule has 3 aromatic carbocycles. The molecule has 1 amide bonds. The van der Waals surface area contributed by atoms with E-state index in [1.165, 1.54) is 11.3 Å². The van der Waals surface area contributed by atoms with E-state index in [2.05, 4.69) is 10.3 Å². The summed E-state index contributed by atoms with van der Waals surface area (Å²) >= 11 is 1.40. The summed E-state index contributed by atoms with van der Waals surface area (Å²) in [5.74, 6) is 2.25. The summed E-state index contributed by atoms with van der Waals surface area (Å²) in [4.78, 5) is 16.9. The Labute approximate surface area is 185 Å². The molecule has 0 aliphatic carbocycles. The highest BCUT2D eigenvalue weighted by molar-refractivity contribution is 7.14. The minimum Gasteiger partial charge on any atom is -0.494 e. The Hall–Kier alpha value is -3.64. The molecular weight excluding hydrogens is 408 g/mol. The Morgan fingerprint density at radius 2 is 1.58 bits per heavy atom. The number of carbonyl (C=O) groups excluding carboxylic acids is 1. The molecule has 0 saturated heterocycles. The third-order valence-corrected chi connectivity index (χ3v) is 5.24. The van der Waals surface area contributed by atoms with Gasteiger partial charge in [-0.1, -0.05) is 30.3 Å². The van der Waals surface area contributed by atoms with Crippen LogP contribution in [-0.4, -0.2) is 17.5 Å². The summed E-state index contributed by atoms with van der Waals surface area (Å²) in [6.07, 6.45) is 0.285. The monoisotopic (exact) mass is 430 g/mol. The fourth-order valence-corrected chi connectivity index (χ4v) is 3.74. The van der Waals surface area contributed by atoms with Gasteiger partial charge in [0, 0.05) is 10.9 Å². The summed E-state index contributed by atoms with van der Waals surface area (Å²) in [6.45, 7) is 2.56. The van der Waals surface area contributed by atoms with Gasteiger partial charge < -0.3 is 14.8 Å². The molecule has 0 bridgehead atoms. The first-order chi connectivity index (χ1) is 15.2. The summed E-state index contributed by atoms with van der Waals surface area (Å²) in [7, 11) is 0. The zero-order valence-electron chi connectivity index (χ0n) is 17.1. The van der Waals surface area contributed by atoms with Gasteiger partial charge in [0.05, 0.1) is 18.7 Å². The fourth-order valence-electron chi connectivity index (χ4n) is 3.00. The molecule has 0 radical (unpaired) electrons. The molecular formula is C25H22N2O3S. The summed E-state index contributed by atoms with van der Waals surface area (Å²) < 4.78 is 11.2. The molecule has 1 heterocycles. The average molecular weight is 431 g/mol. The van der Waals surface area contributed by atoms with Crippen LogP contribution in [0.15, 0.2) is 84.2 Å². The third kappa shape index (κ3) is 5.71. The lowest BCUT2D eigenvalue weighted by Gasteiger charge is -2.06. The van der Waals surface area contributed by atoms with Gasteiger partial charge in [-0.25, -0.2) is 4.98 Å². The lowest BCUT2D eigenvalue weighted by Crippen LogP contribution is -2.14. The van der Waals surface area contributed by atoms with Crippen LogP contribution < -0.4 is 14.8 Å². The van der Waals surface area contributed by atoms with Gasteiger partial charge in [0.1, 0.15) is 17.2 Å². The minimum atomic E-state index is -0.100. The highest BCUT2D eigenvalue weighted by Gasteiger charge is 2.09. The van der Waals surface area contributed by atoms with Crippen molar-refractivity contribution in [1.82, 2.24) is 4.98 Å². The second-order valence-electron chi connectivity index (χ2n) is 6.78. The van der Waals surface area contributed by atoms with E-state index in [1.807, 2.05) is 91.2 Å². The topological polar surface area (TPSA) is 60.5 Å². The molecule has 4 rings (SSSR count). The van der Waals surface area contributed by atoms with E-state index in [9.17, 15) is 4.79 Å². The first kappa shape index (κ1) is 20.6. The van der Waals surface area contributed by atoms with Crippen LogP contribution in [0.4, 0.5) is 5.13 Å². The van der Waals surface area contributed by atoms with Crippen molar-refractivity contribution < 1.29 is 14.3 Å². The number of thiazole rings is 1. The van der Waals surface area contributed by atoms with Crippen LogP contribution in [-0.2, 0) is 11.2 Å². The van der Waals surface area contributed by atoms with Gasteiger partial charge in [0.25, 0.3) is 0 Å². The van der Waals surface area contributed by atoms with Crippen molar-refractivity contribution in [1.29, 1.82) is 0 Å². The molecule has 5 nitrogen and oxygen atoms in total. The largest absolute Gasteiger partial charge is 0.494 e. The standard InChI is InChI=1S/C25H22N2O3S/c1-2-29-20-12-8-18(9-13-20)16-24(28)27-25-26-23(17-31-25)19-10-14-22(15-11-19)30-21-6-4-3-5-7-21/h3-15,17H,2,16H2,1H3,(H,26,27,28). The quantitative estimate of drug-likeness (QED) is 0.362. The van der Waals surface area contributed by atoms with Crippen molar-refractivity contribution in [3.63, 3.8) is 0 Å². The van der Waals surface area contributed by atoms with E-state index < -0.39 is 0 Å². The van der Waals surface area contributed by atoms with Gasteiger partial charge >= 0.3 is 0 Å². The number of rotatable bonds is 8. The molecule has 0 spiro atoms. The van der Waals surface area contributed by atoms with E-state index in [-0.39, 0.29) is 12.3 Å². The van der Waals surface area contributed by atoms with E-state index in [0.29, 0.717) is 11.7 Å². The number of para-hydroxylation sites is 1. The maximum atomic E-state index is 12.4. The number of ether oxygens (including phenoxy) is 2. The Balaban J connectivity index is 1.34. The van der Waals surface area contributed by atoms with Crippen LogP contribution in [0, 0.1) is 0 Å². The highest BCUT2D eigenvalue weighted by Crippen LogP contribution is 2.28. The molecule has 0 aliphatic heterocycles. The van der Waals surface area contributed by atoms with E-state index >= 15 is 0 Å². The number of nitrogens with one attached hydrogen (secondary N) is 1. The number of carbonyl (C=O) groups is 1. The second-order valence-corrected chi connectivity index (χ2v) is 7.64. The number of aromatic nitrogens is 1. The Bertz CT molecular complexity index is 1120. The first-order valence-corrected chi connectivity index (χ1v) is 10.9. The van der Waals surface area contributed by atoms with Crippen molar-refractivity contribution in [2.24, 2.45) is 0 Å². The molecule has 0 saturated carbocycles. The minimum absolute atomic E-state index is 0.100. The average Bonchev–Trinajstić information content (AvgIpc) is 3.25. The number of nitrogens with zero attached hydrogens (tertiary/aromatic N) is 1. The third-order valence-electron chi connectivity index (χ3n) is 4.48. The maximum Gasteiger partial charge on any atom is 0.230 e. The predicted octanol–water partition coefficient (Wildman–Crippen LogP) is 6.18. The second kappa shape index (κ2) is 9.91. The number of benzene rings is 3. The first-order valence-electron chi connectivity index (χ1n) is 10.00. The van der Waals surface area contributed by atoms with Crippen molar-refractivity contribution in [3.8, 4) is 28.5 Å². The van der Waals surface area contributed by atoms with E-state index in [4.69, 9.17) is 9.47 Å². The normalized spacial score (nSPS) is 10.5. The number of anilines is 1. The zero-order chi connectivity index (χ0) is 21.5. The molecule has 4 aromatic rings. The van der Waals surface area contributed by atoms with E-state index in [0.717, 1.165) is 34.1 Å². The maximum absolute atomic E-state index is 12.4. The Morgan fingerprint density at radius 1 is 0.903 bits per heavy atom. The van der Waals surface area contributed by atoms with Crippen LogP contribution in [0.5, 0.6) is 17.2 Å². The summed E-state index contributed by atoms with van der Waals surface area (Å²) in [5.41, 5.74) is 2.70. The summed E-state index contributed by atoms with van der Waals surface area (Å²) in [6, 6.07) is 24.9. The van der Waals surface area contributed by atoms with Crippen molar-refractivity contribution in [2.75, 3.05) is 11.9 Å². The Morgan fingerprint density at radius 3 is 2.29 bits per heavy atom. The smallest absolute Gasteiger partial charge is 0.230 e. The lowest BCUT2D eigenvalue weighted by atomic mass is 10.1. The van der Waals surface area contributed by atoms with Gasteiger partial charge in [-0.15, -0.1) is 11.3 Å². The van der Waals surface area contributed by atoms with Gasteiger partial charge in [-0.2, -0.15) is 0 Å². The molecule has 1 aromatic heterocycles.